The largest absolute Gasteiger partial charge is 0.297 e. The van der Waals surface area contributed by atoms with E-state index in [9.17, 15) is 0 Å². The summed E-state index contributed by atoms with van der Waals surface area (Å²) in [5.41, 5.74) is 8.31. The summed E-state index contributed by atoms with van der Waals surface area (Å²) in [5, 5.41) is 5.09. The summed E-state index contributed by atoms with van der Waals surface area (Å²) in [5.74, 6) is 0.993. The molecule has 170 valence electrons. The van der Waals surface area contributed by atoms with E-state index >= 15 is 0 Å². The molecule has 6 aromatic carbocycles. The fraction of sp³-hybridized carbons (Fsp3) is 0.0294. The molecule has 0 atom stereocenters. The van der Waals surface area contributed by atoms with Crippen LogP contribution in [0.25, 0.3) is 60.5 Å². The summed E-state index contributed by atoms with van der Waals surface area (Å²) in [4.78, 5) is 4.75. The van der Waals surface area contributed by atoms with Gasteiger partial charge in [0.15, 0.2) is 0 Å². The summed E-state index contributed by atoms with van der Waals surface area (Å²) in [6, 6.07) is 45.6. The van der Waals surface area contributed by atoms with Crippen LogP contribution in [0.4, 0.5) is 0 Å². The zero-order valence-electron chi connectivity index (χ0n) is 20.0. The molecule has 0 N–H and O–H groups in total. The molecule has 0 aliphatic carbocycles. The van der Waals surface area contributed by atoms with Crippen LogP contribution in [0.2, 0.25) is 0 Å². The zero-order valence-corrected chi connectivity index (χ0v) is 20.0. The first-order valence-electron chi connectivity index (χ1n) is 12.3. The zero-order chi connectivity index (χ0) is 24.1. The minimum Gasteiger partial charge on any atom is -0.297 e. The van der Waals surface area contributed by atoms with Gasteiger partial charge in [0.1, 0.15) is 5.82 Å². The van der Waals surface area contributed by atoms with Crippen LogP contribution in [-0.4, -0.2) is 9.55 Å². The van der Waals surface area contributed by atoms with E-state index in [2.05, 4.69) is 133 Å². The van der Waals surface area contributed by atoms with Crippen molar-refractivity contribution in [1.82, 2.24) is 9.55 Å². The Morgan fingerprint density at radius 2 is 0.944 bits per heavy atom. The number of rotatable bonds is 3. The van der Waals surface area contributed by atoms with Crippen LogP contribution >= 0.6 is 0 Å². The second-order valence-electron chi connectivity index (χ2n) is 9.24. The van der Waals surface area contributed by atoms with Gasteiger partial charge in [-0.3, -0.25) is 4.57 Å². The number of benzene rings is 6. The maximum atomic E-state index is 4.75. The standard InChI is InChI=1S/C34H24N2/c1-23-35-31-17-9-10-18-32(31)36(23)26-21-19-25(20-22-26)34-29-15-7-5-13-27(29)33(24-11-3-2-4-12-24)28-14-6-8-16-30(28)34/h2-22H,1H3. The molecule has 0 aliphatic rings. The number of hydrogen-bond donors (Lipinski definition) is 0. The van der Waals surface area contributed by atoms with Gasteiger partial charge in [-0.2, -0.15) is 0 Å². The molecule has 1 heterocycles. The van der Waals surface area contributed by atoms with Gasteiger partial charge in [0.25, 0.3) is 0 Å². The first kappa shape index (κ1) is 20.7. The summed E-state index contributed by atoms with van der Waals surface area (Å²) < 4.78 is 2.23. The summed E-state index contributed by atoms with van der Waals surface area (Å²) in [6.07, 6.45) is 0. The van der Waals surface area contributed by atoms with Crippen LogP contribution in [0, 0.1) is 6.92 Å². The Morgan fingerprint density at radius 1 is 0.472 bits per heavy atom. The highest BCUT2D eigenvalue weighted by atomic mass is 15.1. The fourth-order valence-electron chi connectivity index (χ4n) is 5.60. The number of aromatic nitrogens is 2. The smallest absolute Gasteiger partial charge is 0.111 e. The molecule has 7 aromatic rings. The molecule has 0 radical (unpaired) electrons. The van der Waals surface area contributed by atoms with Gasteiger partial charge in [-0.25, -0.2) is 4.98 Å². The number of para-hydroxylation sites is 2. The molecular formula is C34H24N2. The second-order valence-corrected chi connectivity index (χ2v) is 9.24. The molecule has 0 bridgehead atoms. The van der Waals surface area contributed by atoms with E-state index in [1.54, 1.807) is 0 Å². The van der Waals surface area contributed by atoms with Gasteiger partial charge in [-0.1, -0.05) is 103 Å². The molecule has 0 saturated heterocycles. The third kappa shape index (κ3) is 3.15. The molecule has 0 spiro atoms. The van der Waals surface area contributed by atoms with Crippen LogP contribution in [0.5, 0.6) is 0 Å². The molecule has 2 nitrogen and oxygen atoms in total. The van der Waals surface area contributed by atoms with Crippen molar-refractivity contribution in [2.75, 3.05) is 0 Å². The van der Waals surface area contributed by atoms with Crippen molar-refractivity contribution in [3.05, 3.63) is 133 Å². The van der Waals surface area contributed by atoms with Crippen molar-refractivity contribution in [3.63, 3.8) is 0 Å². The Labute approximate surface area is 210 Å². The summed E-state index contributed by atoms with van der Waals surface area (Å²) in [6.45, 7) is 2.07. The Morgan fingerprint density at radius 3 is 1.53 bits per heavy atom. The van der Waals surface area contributed by atoms with Crippen LogP contribution in [-0.2, 0) is 0 Å². The van der Waals surface area contributed by atoms with Crippen LogP contribution in [0.1, 0.15) is 5.82 Å². The van der Waals surface area contributed by atoms with E-state index in [4.69, 9.17) is 4.98 Å². The van der Waals surface area contributed by atoms with Crippen molar-refractivity contribution < 1.29 is 0 Å². The van der Waals surface area contributed by atoms with Crippen molar-refractivity contribution in [3.8, 4) is 27.9 Å². The average molecular weight is 461 g/mol. The lowest BCUT2D eigenvalue weighted by Crippen LogP contribution is -1.97. The maximum Gasteiger partial charge on any atom is 0.111 e. The Hall–Kier alpha value is -4.69. The van der Waals surface area contributed by atoms with Gasteiger partial charge in [0.2, 0.25) is 0 Å². The van der Waals surface area contributed by atoms with Gasteiger partial charge < -0.3 is 0 Å². The van der Waals surface area contributed by atoms with Gasteiger partial charge in [-0.15, -0.1) is 0 Å². The molecule has 2 heteroatoms. The van der Waals surface area contributed by atoms with Crippen LogP contribution in [0.15, 0.2) is 127 Å². The minimum absolute atomic E-state index is 0.993. The van der Waals surface area contributed by atoms with Gasteiger partial charge in [0, 0.05) is 5.69 Å². The van der Waals surface area contributed by atoms with Gasteiger partial charge >= 0.3 is 0 Å². The number of nitrogens with zero attached hydrogens (tertiary/aromatic N) is 2. The number of hydrogen-bond acceptors (Lipinski definition) is 1. The highest BCUT2D eigenvalue weighted by Crippen LogP contribution is 2.43. The average Bonchev–Trinajstić information content (AvgIpc) is 3.28. The summed E-state index contributed by atoms with van der Waals surface area (Å²) >= 11 is 0. The first-order valence-corrected chi connectivity index (χ1v) is 12.3. The van der Waals surface area contributed by atoms with E-state index in [0.29, 0.717) is 0 Å². The van der Waals surface area contributed by atoms with E-state index in [1.165, 1.54) is 43.8 Å². The highest BCUT2D eigenvalue weighted by Gasteiger charge is 2.16. The lowest BCUT2D eigenvalue weighted by molar-refractivity contribution is 1.00. The third-order valence-electron chi connectivity index (χ3n) is 7.14. The molecular weight excluding hydrogens is 436 g/mol. The lowest BCUT2D eigenvalue weighted by atomic mass is 9.86. The van der Waals surface area contributed by atoms with Gasteiger partial charge in [0.05, 0.1) is 11.0 Å². The van der Waals surface area contributed by atoms with E-state index < -0.39 is 0 Å². The predicted molar refractivity (Wildman–Crippen MR) is 152 cm³/mol. The number of imidazole rings is 1. The molecule has 36 heavy (non-hydrogen) atoms. The lowest BCUT2D eigenvalue weighted by Gasteiger charge is -2.18. The predicted octanol–water partition coefficient (Wildman–Crippen LogP) is 8.97. The molecule has 0 unspecified atom stereocenters. The number of aryl methyl sites for hydroxylation is 1. The molecule has 0 aliphatic heterocycles. The quantitative estimate of drug-likeness (QED) is 0.241. The fourth-order valence-corrected chi connectivity index (χ4v) is 5.60. The van der Waals surface area contributed by atoms with Crippen molar-refractivity contribution in [2.24, 2.45) is 0 Å². The van der Waals surface area contributed by atoms with Crippen molar-refractivity contribution in [2.45, 2.75) is 6.92 Å². The van der Waals surface area contributed by atoms with E-state index in [0.717, 1.165) is 22.5 Å². The minimum atomic E-state index is 0.993. The summed E-state index contributed by atoms with van der Waals surface area (Å²) in [7, 11) is 0. The maximum absolute atomic E-state index is 4.75. The monoisotopic (exact) mass is 460 g/mol. The molecule has 0 saturated carbocycles. The van der Waals surface area contributed by atoms with Crippen molar-refractivity contribution in [1.29, 1.82) is 0 Å². The SMILES string of the molecule is Cc1nc2ccccc2n1-c1ccc(-c2c3ccccc3c(-c3ccccc3)c3ccccc23)cc1. The highest BCUT2D eigenvalue weighted by molar-refractivity contribution is 6.21. The van der Waals surface area contributed by atoms with Crippen LogP contribution in [0.3, 0.4) is 0 Å². The molecule has 0 fully saturated rings. The third-order valence-corrected chi connectivity index (χ3v) is 7.14. The second kappa shape index (κ2) is 8.21. The molecule has 0 amide bonds. The van der Waals surface area contributed by atoms with Crippen molar-refractivity contribution >= 4 is 32.6 Å². The Kier molecular flexibility index (Phi) is 4.71. The molecule has 7 rings (SSSR count). The number of fused-ring (bicyclic) bond motifs is 3. The Bertz CT molecular complexity index is 1820. The molecule has 1 aromatic heterocycles. The van der Waals surface area contributed by atoms with Crippen LogP contribution < -0.4 is 0 Å². The topological polar surface area (TPSA) is 17.8 Å². The first-order chi connectivity index (χ1) is 17.8. The van der Waals surface area contributed by atoms with E-state index in [1.807, 2.05) is 6.07 Å². The normalized spacial score (nSPS) is 11.5. The Balaban J connectivity index is 1.48. The van der Waals surface area contributed by atoms with Gasteiger partial charge in [-0.05, 0) is 75.0 Å². The van der Waals surface area contributed by atoms with E-state index in [-0.39, 0.29) is 0 Å².